The Hall–Kier alpha value is -1.91. The first-order valence-electron chi connectivity index (χ1n) is 7.36. The van der Waals surface area contributed by atoms with E-state index in [0.29, 0.717) is 27.3 Å². The molecule has 0 amide bonds. The van der Waals surface area contributed by atoms with Crippen LogP contribution in [0.15, 0.2) is 64.0 Å². The molecule has 0 saturated carbocycles. The smallest absolute Gasteiger partial charge is 0.196 e. The van der Waals surface area contributed by atoms with Gasteiger partial charge in [-0.25, -0.2) is 4.39 Å². The Bertz CT molecular complexity index is 968. The molecule has 122 valence electrons. The van der Waals surface area contributed by atoms with Gasteiger partial charge in [0.1, 0.15) is 5.82 Å². The van der Waals surface area contributed by atoms with E-state index in [4.69, 9.17) is 11.6 Å². The van der Waals surface area contributed by atoms with E-state index in [1.807, 2.05) is 29.7 Å². The number of aryl methyl sites for hydroxylation is 1. The molecule has 0 unspecified atom stereocenters. The Labute approximate surface area is 152 Å². The lowest BCUT2D eigenvalue weighted by Crippen LogP contribution is -2.12. The van der Waals surface area contributed by atoms with E-state index in [1.54, 1.807) is 24.4 Å². The number of halogens is 3. The highest BCUT2D eigenvalue weighted by Gasteiger charge is 2.13. The van der Waals surface area contributed by atoms with Gasteiger partial charge in [0.15, 0.2) is 5.43 Å². The van der Waals surface area contributed by atoms with Gasteiger partial charge in [-0.2, -0.15) is 0 Å². The molecule has 0 aliphatic rings. The van der Waals surface area contributed by atoms with Crippen LogP contribution in [0.2, 0.25) is 5.02 Å². The van der Waals surface area contributed by atoms with Gasteiger partial charge in [-0.3, -0.25) is 4.79 Å². The Morgan fingerprint density at radius 2 is 1.92 bits per heavy atom. The van der Waals surface area contributed by atoms with Gasteiger partial charge in [0.05, 0.1) is 21.7 Å². The van der Waals surface area contributed by atoms with E-state index in [1.165, 1.54) is 12.1 Å². The van der Waals surface area contributed by atoms with Gasteiger partial charge in [0.2, 0.25) is 0 Å². The third-order valence-corrected chi connectivity index (χ3v) is 4.95. The SMILES string of the molecule is Cc1cccc(-c2cc(=O)c(Br)cn2Cc2ccccc2F)c1Cl. The molecule has 3 aromatic rings. The van der Waals surface area contributed by atoms with Crippen molar-refractivity contribution in [1.29, 1.82) is 0 Å². The summed E-state index contributed by atoms with van der Waals surface area (Å²) in [4.78, 5) is 12.1. The minimum Gasteiger partial charge on any atom is -0.342 e. The van der Waals surface area contributed by atoms with E-state index in [2.05, 4.69) is 15.9 Å². The summed E-state index contributed by atoms with van der Waals surface area (Å²) >= 11 is 9.68. The Morgan fingerprint density at radius 3 is 2.67 bits per heavy atom. The number of pyridine rings is 1. The number of hydrogen-bond acceptors (Lipinski definition) is 1. The van der Waals surface area contributed by atoms with Gasteiger partial charge >= 0.3 is 0 Å². The number of nitrogens with zero attached hydrogens (tertiary/aromatic N) is 1. The maximum atomic E-state index is 14.0. The van der Waals surface area contributed by atoms with Gasteiger partial charge in [0.25, 0.3) is 0 Å². The van der Waals surface area contributed by atoms with Crippen LogP contribution in [0.25, 0.3) is 11.3 Å². The molecule has 0 N–H and O–H groups in total. The predicted octanol–water partition coefficient (Wildman–Crippen LogP) is 5.43. The molecular formula is C19H14BrClFNO. The molecule has 0 bridgehead atoms. The molecule has 0 aliphatic heterocycles. The molecule has 0 fully saturated rings. The second kappa shape index (κ2) is 6.91. The van der Waals surface area contributed by atoms with Crippen molar-refractivity contribution in [3.63, 3.8) is 0 Å². The standard InChI is InChI=1S/C19H14BrClFNO/c1-12-5-4-7-14(19(12)21)17-9-18(24)15(20)11-23(17)10-13-6-2-3-8-16(13)22/h2-9,11H,10H2,1H3. The molecule has 2 aromatic carbocycles. The van der Waals surface area contributed by atoms with Crippen LogP contribution in [-0.2, 0) is 6.54 Å². The maximum Gasteiger partial charge on any atom is 0.196 e. The third kappa shape index (κ3) is 3.30. The molecule has 24 heavy (non-hydrogen) atoms. The highest BCUT2D eigenvalue weighted by Crippen LogP contribution is 2.30. The summed E-state index contributed by atoms with van der Waals surface area (Å²) < 4.78 is 16.3. The molecule has 0 atom stereocenters. The predicted molar refractivity (Wildman–Crippen MR) is 99.1 cm³/mol. The molecule has 5 heteroatoms. The molecule has 0 radical (unpaired) electrons. The Kier molecular flexibility index (Phi) is 4.88. The third-order valence-electron chi connectivity index (χ3n) is 3.85. The Balaban J connectivity index is 2.19. The fourth-order valence-corrected chi connectivity index (χ4v) is 3.15. The van der Waals surface area contributed by atoms with Crippen LogP contribution in [0, 0.1) is 12.7 Å². The van der Waals surface area contributed by atoms with E-state index < -0.39 is 0 Å². The summed E-state index contributed by atoms with van der Waals surface area (Å²) in [6.45, 7) is 2.20. The van der Waals surface area contributed by atoms with Crippen molar-refractivity contribution >= 4 is 27.5 Å². The largest absolute Gasteiger partial charge is 0.342 e. The molecule has 0 aliphatic carbocycles. The quantitative estimate of drug-likeness (QED) is 0.569. The normalized spacial score (nSPS) is 10.8. The fourth-order valence-electron chi connectivity index (χ4n) is 2.56. The monoisotopic (exact) mass is 405 g/mol. The van der Waals surface area contributed by atoms with Crippen molar-refractivity contribution in [3.8, 4) is 11.3 Å². The van der Waals surface area contributed by atoms with Crippen LogP contribution < -0.4 is 5.43 Å². The van der Waals surface area contributed by atoms with Crippen LogP contribution in [0.4, 0.5) is 4.39 Å². The van der Waals surface area contributed by atoms with E-state index in [9.17, 15) is 9.18 Å². The summed E-state index contributed by atoms with van der Waals surface area (Å²) in [5, 5.41) is 0.585. The van der Waals surface area contributed by atoms with Crippen LogP contribution in [0.3, 0.4) is 0 Å². The average molecular weight is 407 g/mol. The fraction of sp³-hybridized carbons (Fsp3) is 0.105. The molecule has 1 heterocycles. The molecule has 3 rings (SSSR count). The average Bonchev–Trinajstić information content (AvgIpc) is 2.56. The number of hydrogen-bond donors (Lipinski definition) is 0. The van der Waals surface area contributed by atoms with E-state index >= 15 is 0 Å². The highest BCUT2D eigenvalue weighted by molar-refractivity contribution is 9.10. The van der Waals surface area contributed by atoms with E-state index in [-0.39, 0.29) is 11.2 Å². The topological polar surface area (TPSA) is 22.0 Å². The number of aromatic nitrogens is 1. The van der Waals surface area contributed by atoms with Gasteiger partial charge in [-0.05, 0) is 34.5 Å². The lowest BCUT2D eigenvalue weighted by molar-refractivity contribution is 0.599. The highest BCUT2D eigenvalue weighted by atomic mass is 79.9. The van der Waals surface area contributed by atoms with E-state index in [0.717, 1.165) is 11.1 Å². The van der Waals surface area contributed by atoms with Gasteiger partial charge < -0.3 is 4.57 Å². The van der Waals surface area contributed by atoms with Crippen molar-refractivity contribution in [2.45, 2.75) is 13.5 Å². The summed E-state index contributed by atoms with van der Waals surface area (Å²) in [5.41, 5.74) is 2.71. The summed E-state index contributed by atoms with van der Waals surface area (Å²) in [6, 6.07) is 13.8. The summed E-state index contributed by atoms with van der Waals surface area (Å²) in [6.07, 6.45) is 1.67. The van der Waals surface area contributed by atoms with Crippen molar-refractivity contribution in [2.75, 3.05) is 0 Å². The molecule has 1 aromatic heterocycles. The first-order valence-corrected chi connectivity index (χ1v) is 8.53. The zero-order valence-electron chi connectivity index (χ0n) is 12.9. The van der Waals surface area contributed by atoms with Crippen LogP contribution in [-0.4, -0.2) is 4.57 Å². The molecular weight excluding hydrogens is 393 g/mol. The maximum absolute atomic E-state index is 14.0. The minimum absolute atomic E-state index is 0.146. The van der Waals surface area contributed by atoms with Crippen LogP contribution >= 0.6 is 27.5 Å². The zero-order valence-corrected chi connectivity index (χ0v) is 15.2. The second-order valence-electron chi connectivity index (χ2n) is 5.53. The number of rotatable bonds is 3. The van der Waals surface area contributed by atoms with Gasteiger partial charge in [-0.15, -0.1) is 0 Å². The molecule has 0 spiro atoms. The Morgan fingerprint density at radius 1 is 1.17 bits per heavy atom. The minimum atomic E-state index is -0.284. The summed E-state index contributed by atoms with van der Waals surface area (Å²) in [7, 11) is 0. The van der Waals surface area contributed by atoms with Crippen molar-refractivity contribution in [1.82, 2.24) is 4.57 Å². The van der Waals surface area contributed by atoms with Gasteiger partial charge in [-0.1, -0.05) is 48.0 Å². The lowest BCUT2D eigenvalue weighted by Gasteiger charge is -2.16. The first kappa shape index (κ1) is 16.9. The lowest BCUT2D eigenvalue weighted by atomic mass is 10.1. The molecule has 0 saturated heterocycles. The van der Waals surface area contributed by atoms with Crippen LogP contribution in [0.1, 0.15) is 11.1 Å². The van der Waals surface area contributed by atoms with Crippen LogP contribution in [0.5, 0.6) is 0 Å². The van der Waals surface area contributed by atoms with Crippen molar-refractivity contribution < 1.29 is 4.39 Å². The number of benzene rings is 2. The van der Waals surface area contributed by atoms with Crippen molar-refractivity contribution in [2.24, 2.45) is 0 Å². The summed E-state index contributed by atoms with van der Waals surface area (Å²) in [5.74, 6) is -0.284. The van der Waals surface area contributed by atoms with Gasteiger partial charge in [0, 0.05) is 23.4 Å². The van der Waals surface area contributed by atoms with Crippen molar-refractivity contribution in [3.05, 3.63) is 91.4 Å². The molecule has 2 nitrogen and oxygen atoms in total. The first-order chi connectivity index (χ1) is 11.5. The second-order valence-corrected chi connectivity index (χ2v) is 6.76. The zero-order chi connectivity index (χ0) is 17.3.